The number of rotatable bonds is 8. The first-order valence-electron chi connectivity index (χ1n) is 6.73. The molecule has 2 rings (SSSR count). The van der Waals surface area contributed by atoms with Gasteiger partial charge < -0.3 is 24.8 Å². The molecule has 118 valence electrons. The second kappa shape index (κ2) is 9.31. The Morgan fingerprint density at radius 3 is 2.90 bits per heavy atom. The molecule has 6 nitrogen and oxygen atoms in total. The molecule has 0 saturated heterocycles. The average molecular weight is 317 g/mol. The first-order valence-corrected chi connectivity index (χ1v) is 6.73. The summed E-state index contributed by atoms with van der Waals surface area (Å²) < 4.78 is 16.0. The second-order valence-corrected chi connectivity index (χ2v) is 4.42. The zero-order valence-corrected chi connectivity index (χ0v) is 12.8. The molecular formula is C14H21ClN2O4. The zero-order valence-electron chi connectivity index (χ0n) is 12.0. The highest BCUT2D eigenvalue weighted by Crippen LogP contribution is 2.34. The van der Waals surface area contributed by atoms with Crippen molar-refractivity contribution in [3.8, 4) is 17.2 Å². The highest BCUT2D eigenvalue weighted by molar-refractivity contribution is 5.85. The average Bonchev–Trinajstić information content (AvgIpc) is 2.91. The van der Waals surface area contributed by atoms with Crippen LogP contribution >= 0.6 is 12.4 Å². The molecule has 7 heteroatoms. The largest absolute Gasteiger partial charge is 0.492 e. The van der Waals surface area contributed by atoms with Gasteiger partial charge >= 0.3 is 0 Å². The molecule has 1 aromatic rings. The molecule has 1 heterocycles. The van der Waals surface area contributed by atoms with Gasteiger partial charge in [0.25, 0.3) is 0 Å². The highest BCUT2D eigenvalue weighted by Gasteiger charge is 2.13. The molecule has 0 atom stereocenters. The number of fused-ring (bicyclic) bond motifs is 1. The van der Waals surface area contributed by atoms with Gasteiger partial charge in [-0.05, 0) is 32.1 Å². The maximum atomic E-state index is 11.5. The molecule has 1 amide bonds. The van der Waals surface area contributed by atoms with Gasteiger partial charge in [0.2, 0.25) is 12.7 Å². The van der Waals surface area contributed by atoms with E-state index in [2.05, 4.69) is 10.6 Å². The van der Waals surface area contributed by atoms with Crippen LogP contribution in [0.5, 0.6) is 17.2 Å². The van der Waals surface area contributed by atoms with Crippen molar-refractivity contribution in [2.45, 2.75) is 12.8 Å². The van der Waals surface area contributed by atoms with Crippen LogP contribution in [-0.4, -0.2) is 39.4 Å². The van der Waals surface area contributed by atoms with Gasteiger partial charge in [-0.3, -0.25) is 4.79 Å². The van der Waals surface area contributed by atoms with Gasteiger partial charge in [-0.1, -0.05) is 0 Å². The number of benzene rings is 1. The number of amides is 1. The van der Waals surface area contributed by atoms with Crippen molar-refractivity contribution in [3.63, 3.8) is 0 Å². The smallest absolute Gasteiger partial charge is 0.231 e. The predicted octanol–water partition coefficient (Wildman–Crippen LogP) is 1.33. The van der Waals surface area contributed by atoms with E-state index in [1.165, 1.54) is 0 Å². The topological polar surface area (TPSA) is 68.8 Å². The summed E-state index contributed by atoms with van der Waals surface area (Å²) in [6.45, 7) is 2.02. The Hall–Kier alpha value is -1.66. The molecule has 21 heavy (non-hydrogen) atoms. The molecule has 1 aliphatic heterocycles. The lowest BCUT2D eigenvalue weighted by atomic mass is 10.3. The lowest BCUT2D eigenvalue weighted by Crippen LogP contribution is -2.28. The number of carbonyl (C=O) groups is 1. The minimum Gasteiger partial charge on any atom is -0.492 e. The molecular weight excluding hydrogens is 296 g/mol. The number of nitrogens with one attached hydrogen (secondary N) is 2. The van der Waals surface area contributed by atoms with Crippen molar-refractivity contribution >= 4 is 18.3 Å². The minimum atomic E-state index is 0. The van der Waals surface area contributed by atoms with E-state index in [4.69, 9.17) is 14.2 Å². The van der Waals surface area contributed by atoms with Crippen molar-refractivity contribution in [3.05, 3.63) is 18.2 Å². The van der Waals surface area contributed by atoms with E-state index in [1.807, 2.05) is 19.2 Å². The monoisotopic (exact) mass is 316 g/mol. The third-order valence-corrected chi connectivity index (χ3v) is 2.87. The van der Waals surface area contributed by atoms with Gasteiger partial charge in [-0.25, -0.2) is 0 Å². The van der Waals surface area contributed by atoms with Gasteiger partial charge in [0.1, 0.15) is 12.4 Å². The standard InChI is InChI=1S/C14H20N2O4.ClH/c1-15-6-2-3-14(17)16-7-8-18-11-4-5-12-13(9-11)20-10-19-12;/h4-5,9,15H,2-3,6-8,10H2,1H3,(H,16,17);1H. The van der Waals surface area contributed by atoms with Gasteiger partial charge in [0, 0.05) is 12.5 Å². The summed E-state index contributed by atoms with van der Waals surface area (Å²) in [5.74, 6) is 2.18. The van der Waals surface area contributed by atoms with Crippen LogP contribution in [0.2, 0.25) is 0 Å². The third-order valence-electron chi connectivity index (χ3n) is 2.87. The summed E-state index contributed by atoms with van der Waals surface area (Å²) in [7, 11) is 1.87. The molecule has 0 unspecified atom stereocenters. The maximum absolute atomic E-state index is 11.5. The molecule has 0 radical (unpaired) electrons. The van der Waals surface area contributed by atoms with Crippen LogP contribution in [0, 0.1) is 0 Å². The van der Waals surface area contributed by atoms with E-state index >= 15 is 0 Å². The Bertz CT molecular complexity index is 457. The quantitative estimate of drug-likeness (QED) is 0.708. The number of halogens is 1. The molecule has 1 aromatic carbocycles. The summed E-state index contributed by atoms with van der Waals surface area (Å²) in [6.07, 6.45) is 1.37. The predicted molar refractivity (Wildman–Crippen MR) is 81.5 cm³/mol. The van der Waals surface area contributed by atoms with Crippen LogP contribution in [0.3, 0.4) is 0 Å². The van der Waals surface area contributed by atoms with Crippen molar-refractivity contribution < 1.29 is 19.0 Å². The summed E-state index contributed by atoms with van der Waals surface area (Å²) in [5, 5.41) is 5.82. The Balaban J connectivity index is 0.00000220. The summed E-state index contributed by atoms with van der Waals surface area (Å²) in [4.78, 5) is 11.5. The Kier molecular flexibility index (Phi) is 7.71. The van der Waals surface area contributed by atoms with E-state index in [0.29, 0.717) is 31.1 Å². The van der Waals surface area contributed by atoms with E-state index in [-0.39, 0.29) is 25.1 Å². The van der Waals surface area contributed by atoms with Gasteiger partial charge in [-0.2, -0.15) is 0 Å². The first-order chi connectivity index (χ1) is 9.79. The van der Waals surface area contributed by atoms with Crippen molar-refractivity contribution in [2.24, 2.45) is 0 Å². The molecule has 0 spiro atoms. The highest BCUT2D eigenvalue weighted by atomic mass is 35.5. The summed E-state index contributed by atoms with van der Waals surface area (Å²) in [6, 6.07) is 5.42. The SMILES string of the molecule is CNCCCC(=O)NCCOc1ccc2c(c1)OCO2.Cl. The summed E-state index contributed by atoms with van der Waals surface area (Å²) in [5.41, 5.74) is 0. The van der Waals surface area contributed by atoms with Gasteiger partial charge in [0.15, 0.2) is 11.5 Å². The minimum absolute atomic E-state index is 0. The molecule has 0 saturated carbocycles. The number of carbonyl (C=O) groups excluding carboxylic acids is 1. The van der Waals surface area contributed by atoms with Crippen LogP contribution in [0.1, 0.15) is 12.8 Å². The second-order valence-electron chi connectivity index (χ2n) is 4.42. The lowest BCUT2D eigenvalue weighted by Gasteiger charge is -2.08. The van der Waals surface area contributed by atoms with E-state index in [0.717, 1.165) is 18.7 Å². The lowest BCUT2D eigenvalue weighted by molar-refractivity contribution is -0.121. The molecule has 0 bridgehead atoms. The molecule has 2 N–H and O–H groups in total. The fraction of sp³-hybridized carbons (Fsp3) is 0.500. The van der Waals surface area contributed by atoms with Gasteiger partial charge in [0.05, 0.1) is 6.54 Å². The fourth-order valence-corrected chi connectivity index (χ4v) is 1.84. The zero-order chi connectivity index (χ0) is 14.2. The van der Waals surface area contributed by atoms with Crippen LogP contribution in [0.15, 0.2) is 18.2 Å². The van der Waals surface area contributed by atoms with E-state index in [9.17, 15) is 4.79 Å². The normalized spacial score (nSPS) is 11.7. The summed E-state index contributed by atoms with van der Waals surface area (Å²) >= 11 is 0. The van der Waals surface area contributed by atoms with E-state index < -0.39 is 0 Å². The van der Waals surface area contributed by atoms with Crippen molar-refractivity contribution in [2.75, 3.05) is 33.5 Å². The van der Waals surface area contributed by atoms with Crippen LogP contribution in [-0.2, 0) is 4.79 Å². The Labute approximate surface area is 130 Å². The third kappa shape index (κ3) is 5.69. The van der Waals surface area contributed by atoms with E-state index in [1.54, 1.807) is 6.07 Å². The first kappa shape index (κ1) is 17.4. The number of hydrogen-bond donors (Lipinski definition) is 2. The Morgan fingerprint density at radius 1 is 1.29 bits per heavy atom. The van der Waals surface area contributed by atoms with Crippen molar-refractivity contribution in [1.82, 2.24) is 10.6 Å². The fourth-order valence-electron chi connectivity index (χ4n) is 1.84. The van der Waals surface area contributed by atoms with Crippen LogP contribution in [0.25, 0.3) is 0 Å². The van der Waals surface area contributed by atoms with Crippen LogP contribution < -0.4 is 24.8 Å². The number of ether oxygens (including phenoxy) is 3. The molecule has 1 aliphatic rings. The molecule has 0 aromatic heterocycles. The van der Waals surface area contributed by atoms with Gasteiger partial charge in [-0.15, -0.1) is 12.4 Å². The Morgan fingerprint density at radius 2 is 2.10 bits per heavy atom. The number of hydrogen-bond acceptors (Lipinski definition) is 5. The molecule has 0 fully saturated rings. The van der Waals surface area contributed by atoms with Crippen molar-refractivity contribution in [1.29, 1.82) is 0 Å². The van der Waals surface area contributed by atoms with Crippen LogP contribution in [0.4, 0.5) is 0 Å². The maximum Gasteiger partial charge on any atom is 0.231 e. The molecule has 0 aliphatic carbocycles.